The second-order valence-corrected chi connectivity index (χ2v) is 9.30. The quantitative estimate of drug-likeness (QED) is 0.270. The maximum Gasteiger partial charge on any atom is 0.168 e. The van der Waals surface area contributed by atoms with E-state index in [9.17, 15) is 4.79 Å². The second-order valence-electron chi connectivity index (χ2n) is 9.30. The Kier molecular flexibility index (Phi) is 5.40. The number of allylic oxidation sites excluding steroid dienone is 5. The van der Waals surface area contributed by atoms with Gasteiger partial charge < -0.3 is 5.73 Å². The van der Waals surface area contributed by atoms with Crippen molar-refractivity contribution in [2.24, 2.45) is 5.73 Å². The zero-order chi connectivity index (χ0) is 24.8. The molecule has 0 aromatic heterocycles. The van der Waals surface area contributed by atoms with Gasteiger partial charge in [-0.3, -0.25) is 4.79 Å². The fourth-order valence-electron chi connectivity index (χ4n) is 5.98. The summed E-state index contributed by atoms with van der Waals surface area (Å²) >= 11 is 0. The lowest BCUT2D eigenvalue weighted by Gasteiger charge is -2.13. The van der Waals surface area contributed by atoms with E-state index in [4.69, 9.17) is 0 Å². The van der Waals surface area contributed by atoms with Crippen molar-refractivity contribution in [2.45, 2.75) is 12.8 Å². The van der Waals surface area contributed by atoms with Gasteiger partial charge in [-0.15, -0.1) is 0 Å². The summed E-state index contributed by atoms with van der Waals surface area (Å²) < 4.78 is 0. The fourth-order valence-corrected chi connectivity index (χ4v) is 5.98. The van der Waals surface area contributed by atoms with Crippen molar-refractivity contribution in [3.63, 3.8) is 0 Å². The summed E-state index contributed by atoms with van der Waals surface area (Å²) in [5.74, 6) is 0.212. The first-order valence-electron chi connectivity index (χ1n) is 12.4. The highest BCUT2D eigenvalue weighted by molar-refractivity contribution is 6.24. The highest BCUT2D eigenvalue weighted by atomic mass is 16.1. The fraction of sp³-hybridized carbons (Fsp3) is 0.0882. The Morgan fingerprint density at radius 2 is 1.17 bits per heavy atom. The van der Waals surface area contributed by atoms with Gasteiger partial charge in [0.25, 0.3) is 0 Å². The predicted octanol–water partition coefficient (Wildman–Crippen LogP) is 7.86. The van der Waals surface area contributed by atoms with Crippen LogP contribution in [0.2, 0.25) is 0 Å². The molecule has 0 fully saturated rings. The first-order chi connectivity index (χ1) is 17.7. The molecule has 2 N–H and O–H groups in total. The standard InChI is InChI=1S/C33H22O.CH5N/c1-20-17-29(28-18-22-10-3-5-13-24(22)25-14-6-7-15-27(25)28)33-31(34)19-30(32(20)33)26-16-8-11-21-9-2-4-12-23(21)26;1-2/h2-16,18H,1,17,19H2;2H2,1H3. The molecule has 2 heteroatoms. The molecule has 0 bridgehead atoms. The summed E-state index contributed by atoms with van der Waals surface area (Å²) in [5.41, 5.74) is 12.1. The monoisotopic (exact) mass is 465 g/mol. The number of hydrogen-bond donors (Lipinski definition) is 1. The molecule has 5 aromatic carbocycles. The number of rotatable bonds is 2. The van der Waals surface area contributed by atoms with E-state index in [1.54, 1.807) is 0 Å². The summed E-state index contributed by atoms with van der Waals surface area (Å²) in [7, 11) is 1.50. The third-order valence-electron chi connectivity index (χ3n) is 7.42. The lowest BCUT2D eigenvalue weighted by Crippen LogP contribution is -1.97. The van der Waals surface area contributed by atoms with Gasteiger partial charge in [0.2, 0.25) is 0 Å². The van der Waals surface area contributed by atoms with E-state index in [-0.39, 0.29) is 5.78 Å². The number of fused-ring (bicyclic) bond motifs is 5. The van der Waals surface area contributed by atoms with E-state index in [2.05, 4.69) is 109 Å². The molecule has 0 unspecified atom stereocenters. The Balaban J connectivity index is 0.00000117. The lowest BCUT2D eigenvalue weighted by molar-refractivity contribution is -0.114. The third-order valence-corrected chi connectivity index (χ3v) is 7.42. The van der Waals surface area contributed by atoms with Crippen LogP contribution in [0.15, 0.2) is 120 Å². The van der Waals surface area contributed by atoms with Crippen LogP contribution in [0.4, 0.5) is 0 Å². The minimum atomic E-state index is 0.212. The van der Waals surface area contributed by atoms with E-state index in [1.807, 2.05) is 0 Å². The predicted molar refractivity (Wildman–Crippen MR) is 153 cm³/mol. The van der Waals surface area contributed by atoms with Gasteiger partial charge in [-0.2, -0.15) is 0 Å². The van der Waals surface area contributed by atoms with Gasteiger partial charge in [0, 0.05) is 12.0 Å². The molecule has 0 radical (unpaired) electrons. The first-order valence-corrected chi connectivity index (χ1v) is 12.4. The van der Waals surface area contributed by atoms with E-state index < -0.39 is 0 Å². The zero-order valence-corrected chi connectivity index (χ0v) is 20.3. The molecule has 2 aliphatic carbocycles. The molecule has 0 atom stereocenters. The Hall–Kier alpha value is -4.27. The minimum Gasteiger partial charge on any atom is -0.333 e. The van der Waals surface area contributed by atoms with Crippen molar-refractivity contribution in [1.29, 1.82) is 0 Å². The molecular weight excluding hydrogens is 438 g/mol. The highest BCUT2D eigenvalue weighted by Gasteiger charge is 2.38. The van der Waals surface area contributed by atoms with Crippen LogP contribution in [0.3, 0.4) is 0 Å². The number of Topliss-reactive ketones (excluding diaryl/α,β-unsaturated/α-hetero) is 1. The van der Waals surface area contributed by atoms with Crippen LogP contribution in [0.1, 0.15) is 24.0 Å². The molecule has 36 heavy (non-hydrogen) atoms. The number of carbonyl (C=O) groups is 1. The first kappa shape index (κ1) is 22.2. The van der Waals surface area contributed by atoms with E-state index >= 15 is 0 Å². The molecule has 0 saturated carbocycles. The van der Waals surface area contributed by atoms with Crippen molar-refractivity contribution in [3.05, 3.63) is 131 Å². The molecule has 0 heterocycles. The molecule has 174 valence electrons. The van der Waals surface area contributed by atoms with Gasteiger partial charge in [0.15, 0.2) is 5.78 Å². The number of benzene rings is 5. The van der Waals surface area contributed by atoms with Gasteiger partial charge in [-0.25, -0.2) is 0 Å². The van der Waals surface area contributed by atoms with Crippen LogP contribution in [0, 0.1) is 0 Å². The lowest BCUT2D eigenvalue weighted by atomic mass is 9.91. The molecule has 5 aromatic rings. The SMILES string of the molecule is C=C1CC(c2cc3ccccc3c3ccccc23)=C2C(=O)CC(c3cccc4ccccc34)=C12.CN. The molecule has 0 aliphatic heterocycles. The van der Waals surface area contributed by atoms with Crippen LogP contribution < -0.4 is 5.73 Å². The van der Waals surface area contributed by atoms with E-state index in [0.717, 1.165) is 39.0 Å². The molecule has 0 amide bonds. The Bertz CT molecular complexity index is 1780. The van der Waals surface area contributed by atoms with Crippen molar-refractivity contribution >= 4 is 49.2 Å². The van der Waals surface area contributed by atoms with Crippen molar-refractivity contribution in [3.8, 4) is 0 Å². The number of carbonyl (C=O) groups excluding carboxylic acids is 1. The average molecular weight is 466 g/mol. The highest BCUT2D eigenvalue weighted by Crippen LogP contribution is 2.52. The van der Waals surface area contributed by atoms with Crippen LogP contribution in [-0.4, -0.2) is 12.8 Å². The maximum absolute atomic E-state index is 13.6. The number of nitrogens with two attached hydrogens (primary N) is 1. The topological polar surface area (TPSA) is 43.1 Å². The van der Waals surface area contributed by atoms with Crippen LogP contribution in [-0.2, 0) is 4.79 Å². The average Bonchev–Trinajstić information content (AvgIpc) is 3.46. The van der Waals surface area contributed by atoms with Gasteiger partial charge in [0.1, 0.15) is 0 Å². The summed E-state index contributed by atoms with van der Waals surface area (Å²) in [6.45, 7) is 4.45. The van der Waals surface area contributed by atoms with Gasteiger partial charge in [-0.05, 0) is 85.3 Å². The Morgan fingerprint density at radius 3 is 1.94 bits per heavy atom. The maximum atomic E-state index is 13.6. The summed E-state index contributed by atoms with van der Waals surface area (Å²) in [6, 6.07) is 34.1. The van der Waals surface area contributed by atoms with Crippen molar-refractivity contribution < 1.29 is 4.79 Å². The summed E-state index contributed by atoms with van der Waals surface area (Å²) in [6.07, 6.45) is 1.15. The molecule has 7 rings (SSSR count). The zero-order valence-electron chi connectivity index (χ0n) is 20.3. The molecule has 0 spiro atoms. The van der Waals surface area contributed by atoms with Crippen LogP contribution >= 0.6 is 0 Å². The Labute approximate surface area is 211 Å². The van der Waals surface area contributed by atoms with Gasteiger partial charge in [0.05, 0.1) is 0 Å². The molecular formula is C34H27NO. The summed E-state index contributed by atoms with van der Waals surface area (Å²) in [5, 5.41) is 7.26. The minimum absolute atomic E-state index is 0.212. The van der Waals surface area contributed by atoms with E-state index in [0.29, 0.717) is 12.8 Å². The third kappa shape index (κ3) is 3.26. The smallest absolute Gasteiger partial charge is 0.168 e. The van der Waals surface area contributed by atoms with Crippen molar-refractivity contribution in [1.82, 2.24) is 0 Å². The van der Waals surface area contributed by atoms with Gasteiger partial charge >= 0.3 is 0 Å². The van der Waals surface area contributed by atoms with E-state index in [1.165, 1.54) is 39.4 Å². The molecule has 2 aliphatic rings. The van der Waals surface area contributed by atoms with Crippen LogP contribution in [0.25, 0.3) is 43.5 Å². The normalized spacial score (nSPS) is 15.2. The second kappa shape index (κ2) is 8.75. The molecule has 2 nitrogen and oxygen atoms in total. The van der Waals surface area contributed by atoms with Crippen molar-refractivity contribution in [2.75, 3.05) is 7.05 Å². The van der Waals surface area contributed by atoms with Crippen LogP contribution in [0.5, 0.6) is 0 Å². The Morgan fingerprint density at radius 1 is 0.583 bits per heavy atom. The largest absolute Gasteiger partial charge is 0.333 e. The number of hydrogen-bond acceptors (Lipinski definition) is 2. The van der Waals surface area contributed by atoms with Gasteiger partial charge in [-0.1, -0.05) is 97.6 Å². The summed E-state index contributed by atoms with van der Waals surface area (Å²) in [4.78, 5) is 13.6. The number of ketones is 1. The molecule has 0 saturated heterocycles.